The number of hydrogen-bond acceptors (Lipinski definition) is 8. The molecule has 1 saturated heterocycles. The van der Waals surface area contributed by atoms with E-state index in [1.807, 2.05) is 0 Å². The van der Waals surface area contributed by atoms with Crippen LogP contribution in [0.25, 0.3) is 0 Å². The van der Waals surface area contributed by atoms with Gasteiger partial charge in [0.05, 0.1) is 33.6 Å². The maximum atomic E-state index is 5.44. The zero-order chi connectivity index (χ0) is 17.9. The normalized spacial score (nSPS) is 17.0. The van der Waals surface area contributed by atoms with Crippen molar-refractivity contribution in [2.75, 3.05) is 56.9 Å². The van der Waals surface area contributed by atoms with Crippen LogP contribution in [-0.4, -0.2) is 62.2 Å². The molecule has 0 bridgehead atoms. The summed E-state index contributed by atoms with van der Waals surface area (Å²) in [7, 11) is 3.33. The van der Waals surface area contributed by atoms with E-state index in [1.165, 1.54) is 11.1 Å². The van der Waals surface area contributed by atoms with Crippen molar-refractivity contribution in [1.29, 1.82) is 0 Å². The zero-order valence-electron chi connectivity index (χ0n) is 15.1. The van der Waals surface area contributed by atoms with Crippen molar-refractivity contribution in [3.05, 3.63) is 29.5 Å². The van der Waals surface area contributed by atoms with Gasteiger partial charge in [0.25, 0.3) is 0 Å². The van der Waals surface area contributed by atoms with E-state index in [-0.39, 0.29) is 0 Å². The van der Waals surface area contributed by atoms with Crippen molar-refractivity contribution in [3.63, 3.8) is 0 Å². The summed E-state index contributed by atoms with van der Waals surface area (Å²) in [4.78, 5) is 9.08. The number of anilines is 2. The lowest BCUT2D eigenvalue weighted by Gasteiger charge is -2.31. The molecular formula is C18H23N5O3. The lowest BCUT2D eigenvalue weighted by atomic mass is 9.99. The number of hydrogen-bond donors (Lipinski definition) is 0. The van der Waals surface area contributed by atoms with Gasteiger partial charge in [-0.1, -0.05) is 0 Å². The molecule has 0 unspecified atom stereocenters. The fourth-order valence-electron chi connectivity index (χ4n) is 3.41. The summed E-state index contributed by atoms with van der Waals surface area (Å²) in [6, 6.07) is 4.13. The molecule has 0 saturated carbocycles. The first kappa shape index (κ1) is 16.8. The van der Waals surface area contributed by atoms with Crippen molar-refractivity contribution in [2.45, 2.75) is 13.0 Å². The Bertz CT molecular complexity index is 779. The largest absolute Gasteiger partial charge is 0.493 e. The van der Waals surface area contributed by atoms with Crippen LogP contribution in [0.4, 0.5) is 11.8 Å². The van der Waals surface area contributed by atoms with Gasteiger partial charge >= 0.3 is 0 Å². The van der Waals surface area contributed by atoms with Crippen LogP contribution in [0.5, 0.6) is 11.5 Å². The predicted molar refractivity (Wildman–Crippen MR) is 97.2 cm³/mol. The minimum absolute atomic E-state index is 0.670. The van der Waals surface area contributed by atoms with Gasteiger partial charge < -0.3 is 24.0 Å². The van der Waals surface area contributed by atoms with E-state index in [2.05, 4.69) is 32.1 Å². The quantitative estimate of drug-likeness (QED) is 0.810. The molecule has 26 heavy (non-hydrogen) atoms. The smallest absolute Gasteiger partial charge is 0.247 e. The standard InChI is InChI=1S/C18H23N5O3/c1-24-15-9-13-3-4-23(12-14(13)10-16(15)25-2)17-11-19-21-18(20-17)22-5-7-26-8-6-22/h9-11H,3-8,12H2,1-2H3. The summed E-state index contributed by atoms with van der Waals surface area (Å²) in [5.41, 5.74) is 2.51. The first-order valence-electron chi connectivity index (χ1n) is 8.79. The van der Waals surface area contributed by atoms with Gasteiger partial charge in [0, 0.05) is 26.2 Å². The third-order valence-corrected chi connectivity index (χ3v) is 4.87. The Morgan fingerprint density at radius 2 is 1.69 bits per heavy atom. The number of nitrogens with zero attached hydrogens (tertiary/aromatic N) is 5. The molecule has 1 aromatic heterocycles. The molecule has 0 N–H and O–H groups in total. The molecule has 0 spiro atoms. The van der Waals surface area contributed by atoms with Gasteiger partial charge in [-0.25, -0.2) is 0 Å². The van der Waals surface area contributed by atoms with Gasteiger partial charge in [-0.05, 0) is 29.7 Å². The van der Waals surface area contributed by atoms with Crippen molar-refractivity contribution in [2.24, 2.45) is 0 Å². The maximum Gasteiger partial charge on any atom is 0.247 e. The second-order valence-corrected chi connectivity index (χ2v) is 6.36. The molecule has 3 heterocycles. The van der Waals surface area contributed by atoms with E-state index in [4.69, 9.17) is 19.2 Å². The molecule has 0 radical (unpaired) electrons. The van der Waals surface area contributed by atoms with Crippen molar-refractivity contribution in [1.82, 2.24) is 15.2 Å². The van der Waals surface area contributed by atoms with Crippen LogP contribution < -0.4 is 19.3 Å². The van der Waals surface area contributed by atoms with Crippen LogP contribution in [-0.2, 0) is 17.7 Å². The number of aromatic nitrogens is 3. The molecule has 2 aromatic rings. The summed E-state index contributed by atoms with van der Waals surface area (Å²) in [5, 5.41) is 8.37. The summed E-state index contributed by atoms with van der Waals surface area (Å²) in [5.74, 6) is 3.05. The number of benzene rings is 1. The average Bonchev–Trinajstić information content (AvgIpc) is 2.73. The Hall–Kier alpha value is -2.61. The molecular weight excluding hydrogens is 334 g/mol. The molecule has 1 aromatic carbocycles. The fourth-order valence-corrected chi connectivity index (χ4v) is 3.41. The molecule has 8 nitrogen and oxygen atoms in total. The van der Waals surface area contributed by atoms with Gasteiger partial charge in [0.15, 0.2) is 17.3 Å². The average molecular weight is 357 g/mol. The van der Waals surface area contributed by atoms with Crippen LogP contribution in [0.2, 0.25) is 0 Å². The highest BCUT2D eigenvalue weighted by molar-refractivity contribution is 5.52. The molecule has 8 heteroatoms. The molecule has 4 rings (SSSR count). The number of fused-ring (bicyclic) bond motifs is 1. The lowest BCUT2D eigenvalue weighted by molar-refractivity contribution is 0.122. The molecule has 0 amide bonds. The SMILES string of the molecule is COc1cc2c(cc1OC)CN(c1cnnc(N3CCOCC3)n1)CC2. The second-order valence-electron chi connectivity index (χ2n) is 6.36. The number of rotatable bonds is 4. The first-order chi connectivity index (χ1) is 12.8. The minimum atomic E-state index is 0.670. The van der Waals surface area contributed by atoms with E-state index >= 15 is 0 Å². The Morgan fingerprint density at radius 3 is 2.42 bits per heavy atom. The highest BCUT2D eigenvalue weighted by atomic mass is 16.5. The third-order valence-electron chi connectivity index (χ3n) is 4.87. The maximum absolute atomic E-state index is 5.44. The van der Waals surface area contributed by atoms with E-state index < -0.39 is 0 Å². The van der Waals surface area contributed by atoms with Crippen molar-refractivity contribution in [3.8, 4) is 11.5 Å². The van der Waals surface area contributed by atoms with E-state index in [9.17, 15) is 0 Å². The van der Waals surface area contributed by atoms with E-state index in [0.29, 0.717) is 19.2 Å². The van der Waals surface area contributed by atoms with Gasteiger partial charge in [0.1, 0.15) is 0 Å². The fraction of sp³-hybridized carbons (Fsp3) is 0.500. The molecule has 2 aliphatic heterocycles. The monoisotopic (exact) mass is 357 g/mol. The molecule has 1 fully saturated rings. The van der Waals surface area contributed by atoms with Crippen LogP contribution in [0.3, 0.4) is 0 Å². The van der Waals surface area contributed by atoms with Crippen LogP contribution in [0, 0.1) is 0 Å². The first-order valence-corrected chi connectivity index (χ1v) is 8.79. The highest BCUT2D eigenvalue weighted by Crippen LogP contribution is 2.34. The summed E-state index contributed by atoms with van der Waals surface area (Å²) in [6.45, 7) is 4.63. The van der Waals surface area contributed by atoms with Gasteiger partial charge in [-0.2, -0.15) is 10.1 Å². The topological polar surface area (TPSA) is 72.8 Å². The van der Waals surface area contributed by atoms with Crippen LogP contribution in [0.1, 0.15) is 11.1 Å². The Kier molecular flexibility index (Phi) is 4.75. The van der Waals surface area contributed by atoms with Gasteiger partial charge in [-0.3, -0.25) is 0 Å². The molecule has 0 atom stereocenters. The second kappa shape index (κ2) is 7.33. The number of ether oxygens (including phenoxy) is 3. The van der Waals surface area contributed by atoms with Crippen LogP contribution in [0.15, 0.2) is 18.3 Å². The van der Waals surface area contributed by atoms with E-state index in [1.54, 1.807) is 20.4 Å². The summed E-state index contributed by atoms with van der Waals surface area (Å²) >= 11 is 0. The molecule has 0 aliphatic carbocycles. The lowest BCUT2D eigenvalue weighted by Crippen LogP contribution is -2.38. The Balaban J connectivity index is 1.57. The zero-order valence-corrected chi connectivity index (χ0v) is 15.1. The Labute approximate surface area is 152 Å². The summed E-state index contributed by atoms with van der Waals surface area (Å²) in [6.07, 6.45) is 2.66. The Morgan fingerprint density at radius 1 is 0.962 bits per heavy atom. The van der Waals surface area contributed by atoms with Crippen molar-refractivity contribution < 1.29 is 14.2 Å². The van der Waals surface area contributed by atoms with Crippen LogP contribution >= 0.6 is 0 Å². The predicted octanol–water partition coefficient (Wildman–Crippen LogP) is 1.29. The molecule has 2 aliphatic rings. The molecule has 138 valence electrons. The highest BCUT2D eigenvalue weighted by Gasteiger charge is 2.22. The summed E-state index contributed by atoms with van der Waals surface area (Å²) < 4.78 is 16.3. The minimum Gasteiger partial charge on any atom is -0.493 e. The number of morpholine rings is 1. The van der Waals surface area contributed by atoms with Gasteiger partial charge in [0.2, 0.25) is 5.95 Å². The van der Waals surface area contributed by atoms with Crippen molar-refractivity contribution >= 4 is 11.8 Å². The third kappa shape index (κ3) is 3.24. The van der Waals surface area contributed by atoms with Gasteiger partial charge in [-0.15, -0.1) is 5.10 Å². The van der Waals surface area contributed by atoms with E-state index in [0.717, 1.165) is 49.9 Å². The number of methoxy groups -OCH3 is 2.